The molecule has 1 N–H and O–H groups in total. The smallest absolute Gasteiger partial charge is 0.329 e. The van der Waals surface area contributed by atoms with Gasteiger partial charge in [0.2, 0.25) is 0 Å². The zero-order valence-electron chi connectivity index (χ0n) is 11.8. The van der Waals surface area contributed by atoms with Gasteiger partial charge < -0.3 is 9.67 Å². The average molecular weight is 263 g/mol. The fourth-order valence-corrected chi connectivity index (χ4v) is 3.55. The molecule has 0 amide bonds. The molecule has 2 unspecified atom stereocenters. The molecule has 0 aromatic carbocycles. The molecule has 1 aliphatic rings. The lowest BCUT2D eigenvalue weighted by Crippen LogP contribution is -2.47. The summed E-state index contributed by atoms with van der Waals surface area (Å²) in [5, 5.41) is 9.78. The summed E-state index contributed by atoms with van der Waals surface area (Å²) in [4.78, 5) is 23.4. The second-order valence-corrected chi connectivity index (χ2v) is 5.85. The van der Waals surface area contributed by atoms with Crippen LogP contribution >= 0.6 is 0 Å². The minimum absolute atomic E-state index is 0.0596. The van der Waals surface area contributed by atoms with Crippen LogP contribution < -0.4 is 5.43 Å². The zero-order chi connectivity index (χ0) is 14.2. The van der Waals surface area contributed by atoms with Crippen LogP contribution in [0.4, 0.5) is 0 Å². The molecule has 104 valence electrons. The molecule has 1 fully saturated rings. The van der Waals surface area contributed by atoms with E-state index in [-0.39, 0.29) is 5.43 Å². The summed E-state index contributed by atoms with van der Waals surface area (Å²) >= 11 is 0. The average Bonchev–Trinajstić information content (AvgIpc) is 2.27. The summed E-state index contributed by atoms with van der Waals surface area (Å²) in [5.74, 6) is -0.392. The maximum Gasteiger partial charge on any atom is 0.329 e. The molecule has 0 aliphatic heterocycles. The number of rotatable bonds is 2. The van der Waals surface area contributed by atoms with E-state index < -0.39 is 11.5 Å². The number of carbonyl (C=O) groups is 1. The summed E-state index contributed by atoms with van der Waals surface area (Å²) in [7, 11) is 0. The Hall–Kier alpha value is -1.58. The third kappa shape index (κ3) is 2.31. The molecule has 0 bridgehead atoms. The first-order chi connectivity index (χ1) is 8.86. The number of aryl methyl sites for hydroxylation is 2. The van der Waals surface area contributed by atoms with Crippen LogP contribution in [-0.4, -0.2) is 15.6 Å². The first kappa shape index (κ1) is 13.8. The number of carboxylic acid groups (broad SMARTS) is 1. The van der Waals surface area contributed by atoms with Crippen LogP contribution in [0.5, 0.6) is 0 Å². The summed E-state index contributed by atoms with van der Waals surface area (Å²) in [6.45, 7) is 5.74. The molecular weight excluding hydrogens is 242 g/mol. The van der Waals surface area contributed by atoms with Gasteiger partial charge in [-0.3, -0.25) is 4.79 Å². The Balaban J connectivity index is 2.63. The highest BCUT2D eigenvalue weighted by molar-refractivity contribution is 5.77. The van der Waals surface area contributed by atoms with Crippen molar-refractivity contribution in [1.29, 1.82) is 0 Å². The van der Waals surface area contributed by atoms with Crippen molar-refractivity contribution in [2.24, 2.45) is 5.92 Å². The molecule has 4 heteroatoms. The fraction of sp³-hybridized carbons (Fsp3) is 0.600. The van der Waals surface area contributed by atoms with E-state index >= 15 is 0 Å². The van der Waals surface area contributed by atoms with Crippen molar-refractivity contribution in [2.75, 3.05) is 0 Å². The Morgan fingerprint density at radius 1 is 1.37 bits per heavy atom. The van der Waals surface area contributed by atoms with Gasteiger partial charge in [0.05, 0.1) is 0 Å². The summed E-state index contributed by atoms with van der Waals surface area (Å²) < 4.78 is 1.85. The van der Waals surface area contributed by atoms with Crippen LogP contribution in [-0.2, 0) is 10.3 Å². The van der Waals surface area contributed by atoms with E-state index in [0.717, 1.165) is 24.2 Å². The van der Waals surface area contributed by atoms with Crippen LogP contribution in [0.3, 0.4) is 0 Å². The van der Waals surface area contributed by atoms with E-state index in [2.05, 4.69) is 6.92 Å². The van der Waals surface area contributed by atoms with Crippen LogP contribution in [0.25, 0.3) is 0 Å². The summed E-state index contributed by atoms with van der Waals surface area (Å²) in [6.07, 6.45) is 3.26. The van der Waals surface area contributed by atoms with Crippen LogP contribution in [0, 0.1) is 19.8 Å². The SMILES string of the molecule is Cc1cc(=O)cc(C)n1C1(C(=O)O)CCCC(C)C1. The van der Waals surface area contributed by atoms with Crippen molar-refractivity contribution >= 4 is 5.97 Å². The normalized spacial score (nSPS) is 27.2. The van der Waals surface area contributed by atoms with E-state index in [9.17, 15) is 14.7 Å². The number of pyridine rings is 1. The van der Waals surface area contributed by atoms with E-state index in [0.29, 0.717) is 18.8 Å². The standard InChI is InChI=1S/C15H21NO3/c1-10-5-4-6-15(9-10,14(18)19)16-11(2)7-13(17)8-12(16)3/h7-8,10H,4-6,9H2,1-3H3,(H,18,19). The van der Waals surface area contributed by atoms with E-state index in [1.807, 2.05) is 18.4 Å². The lowest BCUT2D eigenvalue weighted by Gasteiger charge is -2.40. The minimum Gasteiger partial charge on any atom is -0.479 e. The zero-order valence-corrected chi connectivity index (χ0v) is 11.8. The second kappa shape index (κ2) is 4.83. The van der Waals surface area contributed by atoms with Crippen molar-refractivity contribution in [1.82, 2.24) is 4.57 Å². The predicted molar refractivity (Wildman–Crippen MR) is 73.4 cm³/mol. The molecule has 0 radical (unpaired) electrons. The van der Waals surface area contributed by atoms with E-state index in [1.165, 1.54) is 12.1 Å². The van der Waals surface area contributed by atoms with Crippen molar-refractivity contribution in [2.45, 2.75) is 52.0 Å². The largest absolute Gasteiger partial charge is 0.479 e. The molecule has 2 atom stereocenters. The van der Waals surface area contributed by atoms with Gasteiger partial charge in [-0.1, -0.05) is 19.8 Å². The van der Waals surface area contributed by atoms with Crippen molar-refractivity contribution < 1.29 is 9.90 Å². The number of nitrogens with zero attached hydrogens (tertiary/aromatic N) is 1. The molecule has 1 saturated carbocycles. The van der Waals surface area contributed by atoms with Crippen molar-refractivity contribution in [3.05, 3.63) is 33.7 Å². The molecule has 1 aromatic heterocycles. The monoisotopic (exact) mass is 263 g/mol. The third-order valence-electron chi connectivity index (χ3n) is 4.21. The lowest BCUT2D eigenvalue weighted by atomic mass is 9.75. The van der Waals surface area contributed by atoms with Crippen LogP contribution in [0.2, 0.25) is 0 Å². The maximum atomic E-state index is 11.9. The number of hydrogen-bond donors (Lipinski definition) is 1. The minimum atomic E-state index is -0.889. The fourth-order valence-electron chi connectivity index (χ4n) is 3.55. The second-order valence-electron chi connectivity index (χ2n) is 5.85. The molecule has 4 nitrogen and oxygen atoms in total. The number of aliphatic carboxylic acids is 1. The van der Waals surface area contributed by atoms with Gasteiger partial charge in [-0.05, 0) is 32.6 Å². The van der Waals surface area contributed by atoms with Crippen LogP contribution in [0.1, 0.15) is 44.0 Å². The molecule has 1 heterocycles. The molecule has 2 rings (SSSR count). The molecule has 0 spiro atoms. The number of aromatic nitrogens is 1. The van der Waals surface area contributed by atoms with Gasteiger partial charge in [-0.25, -0.2) is 4.79 Å². The quantitative estimate of drug-likeness (QED) is 0.891. The Bertz CT molecular complexity index is 535. The van der Waals surface area contributed by atoms with E-state index in [1.54, 1.807) is 0 Å². The molecule has 19 heavy (non-hydrogen) atoms. The molecular formula is C15H21NO3. The van der Waals surface area contributed by atoms with Gasteiger partial charge in [0.25, 0.3) is 0 Å². The Labute approximate surface area is 113 Å². The summed E-state index contributed by atoms with van der Waals surface area (Å²) in [5.41, 5.74) is 0.526. The third-order valence-corrected chi connectivity index (χ3v) is 4.21. The van der Waals surface area contributed by atoms with Gasteiger partial charge in [-0.15, -0.1) is 0 Å². The number of hydrogen-bond acceptors (Lipinski definition) is 2. The first-order valence-electron chi connectivity index (χ1n) is 6.81. The Morgan fingerprint density at radius 3 is 2.42 bits per heavy atom. The molecule has 1 aromatic rings. The topological polar surface area (TPSA) is 59.3 Å². The highest BCUT2D eigenvalue weighted by Crippen LogP contribution is 2.39. The summed E-state index contributed by atoms with van der Waals surface area (Å²) in [6, 6.07) is 3.05. The Kier molecular flexibility index (Phi) is 3.52. The van der Waals surface area contributed by atoms with Gasteiger partial charge in [-0.2, -0.15) is 0 Å². The Morgan fingerprint density at radius 2 is 1.95 bits per heavy atom. The van der Waals surface area contributed by atoms with Gasteiger partial charge >= 0.3 is 5.97 Å². The van der Waals surface area contributed by atoms with Gasteiger partial charge in [0.1, 0.15) is 5.54 Å². The van der Waals surface area contributed by atoms with Crippen molar-refractivity contribution in [3.8, 4) is 0 Å². The lowest BCUT2D eigenvalue weighted by molar-refractivity contribution is -0.150. The molecule has 0 saturated heterocycles. The van der Waals surface area contributed by atoms with Crippen molar-refractivity contribution in [3.63, 3.8) is 0 Å². The predicted octanol–water partition coefficient (Wildman–Crippen LogP) is 2.46. The highest BCUT2D eigenvalue weighted by Gasteiger charge is 2.44. The first-order valence-corrected chi connectivity index (χ1v) is 6.81. The van der Waals surface area contributed by atoms with E-state index in [4.69, 9.17) is 0 Å². The number of carboxylic acids is 1. The van der Waals surface area contributed by atoms with Gasteiger partial charge in [0, 0.05) is 23.5 Å². The van der Waals surface area contributed by atoms with Gasteiger partial charge in [0.15, 0.2) is 5.43 Å². The molecule has 1 aliphatic carbocycles. The highest BCUT2D eigenvalue weighted by atomic mass is 16.4. The maximum absolute atomic E-state index is 11.9. The van der Waals surface area contributed by atoms with Crippen LogP contribution in [0.15, 0.2) is 16.9 Å².